The van der Waals surface area contributed by atoms with Gasteiger partial charge in [0.05, 0.1) is 7.11 Å². The fourth-order valence-corrected chi connectivity index (χ4v) is 1.68. The van der Waals surface area contributed by atoms with Crippen molar-refractivity contribution in [3.8, 4) is 6.01 Å². The van der Waals surface area contributed by atoms with E-state index >= 15 is 0 Å². The topological polar surface area (TPSA) is 120 Å². The van der Waals surface area contributed by atoms with Crippen molar-refractivity contribution in [2.24, 2.45) is 0 Å². The minimum atomic E-state index is -0.253. The van der Waals surface area contributed by atoms with Crippen LogP contribution >= 0.6 is 11.8 Å². The van der Waals surface area contributed by atoms with Crippen LogP contribution in [0.2, 0.25) is 0 Å². The highest BCUT2D eigenvalue weighted by Crippen LogP contribution is 2.21. The van der Waals surface area contributed by atoms with E-state index in [0.717, 1.165) is 11.8 Å². The quantitative estimate of drug-likeness (QED) is 0.714. The standard InChI is InChI=1S/C8H8N6O2S/c1-16-6-12-5(9)13-8(14-6)17-7-10-3-2-4(15)11-7/h2-3H,1H3,(H,10,11,15)(H2,9,12,13,14). The van der Waals surface area contributed by atoms with Gasteiger partial charge in [-0.2, -0.15) is 15.0 Å². The predicted octanol–water partition coefficient (Wildman–Crippen LogP) is -0.303. The highest BCUT2D eigenvalue weighted by molar-refractivity contribution is 7.99. The Morgan fingerprint density at radius 3 is 2.94 bits per heavy atom. The van der Waals surface area contributed by atoms with Gasteiger partial charge in [0.1, 0.15) is 0 Å². The van der Waals surface area contributed by atoms with Crippen molar-refractivity contribution < 1.29 is 4.74 Å². The van der Waals surface area contributed by atoms with E-state index in [-0.39, 0.29) is 17.5 Å². The number of nitrogens with two attached hydrogens (primary N) is 1. The molecule has 0 saturated heterocycles. The molecule has 2 rings (SSSR count). The zero-order valence-corrected chi connectivity index (χ0v) is 9.56. The number of methoxy groups -OCH3 is 1. The number of nitrogens with zero attached hydrogens (tertiary/aromatic N) is 4. The first-order chi connectivity index (χ1) is 8.17. The molecule has 0 spiro atoms. The van der Waals surface area contributed by atoms with E-state index in [9.17, 15) is 4.79 Å². The van der Waals surface area contributed by atoms with E-state index < -0.39 is 0 Å². The van der Waals surface area contributed by atoms with E-state index in [4.69, 9.17) is 10.5 Å². The lowest BCUT2D eigenvalue weighted by Gasteiger charge is -2.02. The average molecular weight is 252 g/mol. The molecule has 17 heavy (non-hydrogen) atoms. The van der Waals surface area contributed by atoms with Gasteiger partial charge < -0.3 is 15.5 Å². The number of ether oxygens (including phenoxy) is 1. The molecule has 0 saturated carbocycles. The van der Waals surface area contributed by atoms with Crippen LogP contribution in [0.3, 0.4) is 0 Å². The van der Waals surface area contributed by atoms with Gasteiger partial charge in [-0.25, -0.2) is 4.98 Å². The third-order valence-corrected chi connectivity index (χ3v) is 2.40. The molecule has 0 unspecified atom stereocenters. The maximum atomic E-state index is 11.1. The number of anilines is 1. The zero-order chi connectivity index (χ0) is 12.3. The van der Waals surface area contributed by atoms with Crippen LogP contribution in [-0.2, 0) is 0 Å². The number of nitrogen functional groups attached to an aromatic ring is 1. The van der Waals surface area contributed by atoms with Crippen molar-refractivity contribution in [1.29, 1.82) is 0 Å². The molecule has 2 heterocycles. The Labute approximate surface area is 99.7 Å². The molecule has 0 aliphatic heterocycles. The van der Waals surface area contributed by atoms with E-state index in [1.165, 1.54) is 19.4 Å². The van der Waals surface area contributed by atoms with E-state index in [2.05, 4.69) is 24.9 Å². The molecular formula is C8H8N6O2S. The minimum absolute atomic E-state index is 0.0395. The number of H-pyrrole nitrogens is 1. The SMILES string of the molecule is COc1nc(N)nc(Sc2nccc(=O)[nH]2)n1. The molecule has 0 aliphatic rings. The summed E-state index contributed by atoms with van der Waals surface area (Å²) in [5.41, 5.74) is 5.22. The molecule has 2 aromatic heterocycles. The van der Waals surface area contributed by atoms with Crippen molar-refractivity contribution in [1.82, 2.24) is 24.9 Å². The van der Waals surface area contributed by atoms with Gasteiger partial charge in [0.25, 0.3) is 5.56 Å². The lowest BCUT2D eigenvalue weighted by Crippen LogP contribution is -2.06. The van der Waals surface area contributed by atoms with Gasteiger partial charge in [-0.15, -0.1) is 0 Å². The third kappa shape index (κ3) is 2.91. The third-order valence-electron chi connectivity index (χ3n) is 1.63. The predicted molar refractivity (Wildman–Crippen MR) is 59.8 cm³/mol. The van der Waals surface area contributed by atoms with Gasteiger partial charge >= 0.3 is 6.01 Å². The number of rotatable bonds is 3. The average Bonchev–Trinajstić information content (AvgIpc) is 2.28. The first-order valence-electron chi connectivity index (χ1n) is 4.46. The maximum absolute atomic E-state index is 11.1. The molecule has 2 aromatic rings. The summed E-state index contributed by atoms with van der Waals surface area (Å²) in [5.74, 6) is 0.0395. The first kappa shape index (κ1) is 11.3. The summed E-state index contributed by atoms with van der Waals surface area (Å²) in [4.78, 5) is 29.1. The van der Waals surface area contributed by atoms with Gasteiger partial charge in [0, 0.05) is 12.3 Å². The molecule has 8 nitrogen and oxygen atoms in total. The van der Waals surface area contributed by atoms with E-state index in [0.29, 0.717) is 10.3 Å². The van der Waals surface area contributed by atoms with Crippen molar-refractivity contribution in [3.05, 3.63) is 22.6 Å². The zero-order valence-electron chi connectivity index (χ0n) is 8.75. The summed E-state index contributed by atoms with van der Waals surface area (Å²) in [7, 11) is 1.42. The molecule has 0 radical (unpaired) electrons. The van der Waals surface area contributed by atoms with Gasteiger partial charge in [-0.3, -0.25) is 4.79 Å². The second-order valence-corrected chi connectivity index (χ2v) is 3.76. The smallest absolute Gasteiger partial charge is 0.321 e. The van der Waals surface area contributed by atoms with Crippen LogP contribution < -0.4 is 16.0 Å². The Balaban J connectivity index is 2.29. The highest BCUT2D eigenvalue weighted by Gasteiger charge is 2.07. The number of aromatic nitrogens is 5. The van der Waals surface area contributed by atoms with E-state index in [1.807, 2.05) is 0 Å². The number of hydrogen-bond donors (Lipinski definition) is 2. The lowest BCUT2D eigenvalue weighted by molar-refractivity contribution is 0.374. The van der Waals surface area contributed by atoms with Crippen LogP contribution in [-0.4, -0.2) is 32.0 Å². The second-order valence-electron chi connectivity index (χ2n) is 2.80. The van der Waals surface area contributed by atoms with Crippen LogP contribution in [0.5, 0.6) is 6.01 Å². The van der Waals surface area contributed by atoms with Crippen LogP contribution in [0.15, 0.2) is 27.4 Å². The summed E-state index contributed by atoms with van der Waals surface area (Å²) in [6.07, 6.45) is 1.39. The van der Waals surface area contributed by atoms with Crippen LogP contribution in [0.25, 0.3) is 0 Å². The molecule has 0 fully saturated rings. The van der Waals surface area contributed by atoms with Crippen molar-refractivity contribution in [3.63, 3.8) is 0 Å². The minimum Gasteiger partial charge on any atom is -0.467 e. The molecule has 88 valence electrons. The second kappa shape index (κ2) is 4.78. The Morgan fingerprint density at radius 1 is 1.41 bits per heavy atom. The summed E-state index contributed by atoms with van der Waals surface area (Å²) in [5, 5.41) is 0.661. The van der Waals surface area contributed by atoms with Crippen LogP contribution in [0.1, 0.15) is 0 Å². The van der Waals surface area contributed by atoms with Crippen molar-refractivity contribution in [2.75, 3.05) is 12.8 Å². The molecule has 0 amide bonds. The van der Waals surface area contributed by atoms with Crippen LogP contribution in [0, 0.1) is 0 Å². The molecule has 0 aromatic carbocycles. The monoisotopic (exact) mass is 252 g/mol. The molecule has 0 atom stereocenters. The maximum Gasteiger partial charge on any atom is 0.321 e. The fraction of sp³-hybridized carbons (Fsp3) is 0.125. The Hall–Kier alpha value is -2.16. The number of aromatic amines is 1. The fourth-order valence-electron chi connectivity index (χ4n) is 0.980. The molecular weight excluding hydrogens is 244 g/mol. The van der Waals surface area contributed by atoms with Crippen LogP contribution in [0.4, 0.5) is 5.95 Å². The summed E-state index contributed by atoms with van der Waals surface area (Å²) < 4.78 is 4.85. The van der Waals surface area contributed by atoms with Crippen molar-refractivity contribution >= 4 is 17.7 Å². The van der Waals surface area contributed by atoms with Gasteiger partial charge in [0.2, 0.25) is 11.1 Å². The molecule has 0 aliphatic carbocycles. The van der Waals surface area contributed by atoms with Crippen molar-refractivity contribution in [2.45, 2.75) is 10.3 Å². The molecule has 9 heteroatoms. The largest absolute Gasteiger partial charge is 0.467 e. The Kier molecular flexibility index (Phi) is 3.19. The Morgan fingerprint density at radius 2 is 2.24 bits per heavy atom. The van der Waals surface area contributed by atoms with Gasteiger partial charge in [0.15, 0.2) is 5.16 Å². The van der Waals surface area contributed by atoms with Gasteiger partial charge in [-0.1, -0.05) is 0 Å². The highest BCUT2D eigenvalue weighted by atomic mass is 32.2. The van der Waals surface area contributed by atoms with Gasteiger partial charge in [-0.05, 0) is 11.8 Å². The summed E-state index contributed by atoms with van der Waals surface area (Å²) in [6.45, 7) is 0. The lowest BCUT2D eigenvalue weighted by atomic mass is 10.7. The summed E-state index contributed by atoms with van der Waals surface area (Å²) >= 11 is 1.06. The van der Waals surface area contributed by atoms with E-state index in [1.54, 1.807) is 0 Å². The number of nitrogens with one attached hydrogen (secondary N) is 1. The Bertz CT molecular complexity index is 586. The summed E-state index contributed by atoms with van der Waals surface area (Å²) in [6, 6.07) is 1.42. The molecule has 3 N–H and O–H groups in total. The molecule has 0 bridgehead atoms. The number of hydrogen-bond acceptors (Lipinski definition) is 8. The normalized spacial score (nSPS) is 10.2. The first-order valence-corrected chi connectivity index (χ1v) is 5.28.